The Labute approximate surface area is 150 Å². The van der Waals surface area contributed by atoms with Crippen LogP contribution < -0.4 is 5.32 Å². The second-order valence-electron chi connectivity index (χ2n) is 8.24. The second kappa shape index (κ2) is 6.78. The maximum absolute atomic E-state index is 13.0. The van der Waals surface area contributed by atoms with Crippen LogP contribution in [0.1, 0.15) is 60.8 Å². The first-order chi connectivity index (χ1) is 11.8. The lowest BCUT2D eigenvalue weighted by atomic mass is 9.81. The Morgan fingerprint density at radius 3 is 2.32 bits per heavy atom. The first-order valence-electron chi connectivity index (χ1n) is 9.34. The van der Waals surface area contributed by atoms with Crippen molar-refractivity contribution in [2.45, 2.75) is 65.3 Å². The van der Waals surface area contributed by atoms with E-state index in [1.54, 1.807) is 0 Å². The summed E-state index contributed by atoms with van der Waals surface area (Å²) >= 11 is 0. The Morgan fingerprint density at radius 1 is 1.16 bits per heavy atom. The van der Waals surface area contributed by atoms with E-state index in [1.165, 1.54) is 18.4 Å². The molecule has 0 spiro atoms. The third-order valence-electron chi connectivity index (χ3n) is 5.76. The minimum absolute atomic E-state index is 0.0649. The van der Waals surface area contributed by atoms with Crippen LogP contribution in [0.4, 0.5) is 0 Å². The summed E-state index contributed by atoms with van der Waals surface area (Å²) in [7, 11) is 0. The van der Waals surface area contributed by atoms with Crippen molar-refractivity contribution in [2.24, 2.45) is 11.8 Å². The molecule has 2 unspecified atom stereocenters. The molecule has 25 heavy (non-hydrogen) atoms. The van der Waals surface area contributed by atoms with Crippen LogP contribution in [-0.4, -0.2) is 17.6 Å². The highest BCUT2D eigenvalue weighted by atomic mass is 16.2. The number of carbonyl (C=O) groups excluding carboxylic acids is 2. The zero-order chi connectivity index (χ0) is 18.3. The van der Waals surface area contributed by atoms with Crippen LogP contribution in [0.15, 0.2) is 24.4 Å². The van der Waals surface area contributed by atoms with Gasteiger partial charge in [0, 0.05) is 24.1 Å². The maximum atomic E-state index is 13.0. The maximum Gasteiger partial charge on any atom is 0.151 e. The molecule has 1 aromatic rings. The summed E-state index contributed by atoms with van der Waals surface area (Å²) in [6.07, 6.45) is 3.26. The minimum atomic E-state index is -0.581. The largest absolute Gasteiger partial charge is 0.386 e. The molecule has 0 bridgehead atoms. The van der Waals surface area contributed by atoms with Gasteiger partial charge in [0.15, 0.2) is 5.78 Å². The van der Waals surface area contributed by atoms with Crippen molar-refractivity contribution in [3.05, 3.63) is 46.7 Å². The number of allylic oxidation sites excluding steroid dienone is 1. The number of benzene rings is 1. The number of ketones is 2. The fraction of sp³-hybridized carbons (Fsp3) is 0.545. The Bertz CT molecular complexity index is 705. The van der Waals surface area contributed by atoms with Crippen LogP contribution in [0, 0.1) is 32.6 Å². The van der Waals surface area contributed by atoms with Crippen molar-refractivity contribution in [2.75, 3.05) is 0 Å². The number of nitrogens with one attached hydrogen (secondary N) is 1. The number of hydrogen-bond acceptors (Lipinski definition) is 3. The second-order valence-corrected chi connectivity index (χ2v) is 8.24. The van der Waals surface area contributed by atoms with Gasteiger partial charge in [0.1, 0.15) is 11.7 Å². The summed E-state index contributed by atoms with van der Waals surface area (Å²) in [6.45, 7) is 12.4. The summed E-state index contributed by atoms with van der Waals surface area (Å²) in [5.41, 5.74) is 5.09. The van der Waals surface area contributed by atoms with E-state index in [2.05, 4.69) is 31.0 Å². The molecular weight excluding hydrogens is 310 g/mol. The Balaban J connectivity index is 1.71. The Kier molecular flexibility index (Phi) is 4.86. The van der Waals surface area contributed by atoms with Gasteiger partial charge >= 0.3 is 0 Å². The minimum Gasteiger partial charge on any atom is -0.386 e. The fourth-order valence-corrected chi connectivity index (χ4v) is 4.64. The summed E-state index contributed by atoms with van der Waals surface area (Å²) in [5.74, 6) is 0.106. The molecule has 0 heterocycles. The van der Waals surface area contributed by atoms with E-state index < -0.39 is 5.92 Å². The van der Waals surface area contributed by atoms with Crippen LogP contribution in [0.25, 0.3) is 0 Å². The van der Waals surface area contributed by atoms with Crippen molar-refractivity contribution in [3.63, 3.8) is 0 Å². The summed E-state index contributed by atoms with van der Waals surface area (Å²) < 4.78 is 0. The number of Topliss-reactive ketones (excluding diaryl/α,β-unsaturated/α-hetero) is 2. The average Bonchev–Trinajstić information content (AvgIpc) is 2.72. The molecule has 134 valence electrons. The molecule has 2 fully saturated rings. The van der Waals surface area contributed by atoms with Crippen molar-refractivity contribution in [3.8, 4) is 0 Å². The first-order valence-corrected chi connectivity index (χ1v) is 9.34. The normalized spacial score (nSPS) is 28.8. The highest BCUT2D eigenvalue weighted by Gasteiger charge is 2.43. The molecule has 0 aromatic heterocycles. The lowest BCUT2D eigenvalue weighted by Gasteiger charge is -2.35. The molecule has 1 aromatic carbocycles. The molecule has 1 N–H and O–H groups in total. The molecule has 3 heteroatoms. The van der Waals surface area contributed by atoms with E-state index in [1.807, 2.05) is 20.8 Å². The van der Waals surface area contributed by atoms with Gasteiger partial charge in [-0.1, -0.05) is 31.2 Å². The van der Waals surface area contributed by atoms with Gasteiger partial charge in [-0.05, 0) is 62.6 Å². The standard InChI is InChI=1S/C22H29NO2/c1-12-6-14(3)20(15(4)7-12)21-19(24)11-17(22(21)25)10-16(5)23-18-8-13(2)9-18/h6-7,13,17-18,21,23H,5,8-11H2,1-4H3. The zero-order valence-corrected chi connectivity index (χ0v) is 15.8. The van der Waals surface area contributed by atoms with Gasteiger partial charge in [-0.3, -0.25) is 9.59 Å². The van der Waals surface area contributed by atoms with Crippen LogP contribution >= 0.6 is 0 Å². The predicted molar refractivity (Wildman–Crippen MR) is 101 cm³/mol. The van der Waals surface area contributed by atoms with E-state index in [9.17, 15) is 9.59 Å². The number of aryl methyl sites for hydroxylation is 3. The van der Waals surface area contributed by atoms with E-state index >= 15 is 0 Å². The molecular formula is C22H29NO2. The van der Waals surface area contributed by atoms with E-state index in [4.69, 9.17) is 0 Å². The molecule has 0 amide bonds. The van der Waals surface area contributed by atoms with E-state index in [-0.39, 0.29) is 17.5 Å². The van der Waals surface area contributed by atoms with Gasteiger partial charge in [-0.15, -0.1) is 0 Å². The van der Waals surface area contributed by atoms with Crippen molar-refractivity contribution in [1.29, 1.82) is 0 Å². The van der Waals surface area contributed by atoms with Gasteiger partial charge in [-0.25, -0.2) is 0 Å². The van der Waals surface area contributed by atoms with Gasteiger partial charge in [0.05, 0.1) is 0 Å². The van der Waals surface area contributed by atoms with Gasteiger partial charge in [0.25, 0.3) is 0 Å². The van der Waals surface area contributed by atoms with Crippen LogP contribution in [0.2, 0.25) is 0 Å². The molecule has 2 saturated carbocycles. The summed E-state index contributed by atoms with van der Waals surface area (Å²) in [5, 5.41) is 3.44. The SMILES string of the molecule is C=C(CC1CC(=O)C(c2c(C)cc(C)cc2C)C1=O)NC1CC(C)C1. The highest BCUT2D eigenvalue weighted by Crippen LogP contribution is 2.38. The molecule has 3 rings (SSSR count). The number of carbonyl (C=O) groups is 2. The van der Waals surface area contributed by atoms with Crippen LogP contribution in [0.3, 0.4) is 0 Å². The summed E-state index contributed by atoms with van der Waals surface area (Å²) in [6, 6.07) is 4.62. The van der Waals surface area contributed by atoms with E-state index in [0.717, 1.165) is 28.3 Å². The van der Waals surface area contributed by atoms with Gasteiger partial charge < -0.3 is 5.32 Å². The fourth-order valence-electron chi connectivity index (χ4n) is 4.64. The van der Waals surface area contributed by atoms with Crippen LogP contribution in [-0.2, 0) is 9.59 Å². The zero-order valence-electron chi connectivity index (χ0n) is 15.8. The monoisotopic (exact) mass is 339 g/mol. The Morgan fingerprint density at radius 2 is 1.76 bits per heavy atom. The van der Waals surface area contributed by atoms with Crippen LogP contribution in [0.5, 0.6) is 0 Å². The highest BCUT2D eigenvalue weighted by molar-refractivity contribution is 6.15. The average molecular weight is 339 g/mol. The molecule has 0 saturated heterocycles. The quantitative estimate of drug-likeness (QED) is 0.820. The predicted octanol–water partition coefficient (Wildman–Crippen LogP) is 4.15. The van der Waals surface area contributed by atoms with Crippen molar-refractivity contribution < 1.29 is 9.59 Å². The lowest BCUT2D eigenvalue weighted by Crippen LogP contribution is -2.39. The van der Waals surface area contributed by atoms with Gasteiger partial charge in [-0.2, -0.15) is 0 Å². The third-order valence-corrected chi connectivity index (χ3v) is 5.76. The lowest BCUT2D eigenvalue weighted by molar-refractivity contribution is -0.124. The van der Waals surface area contributed by atoms with Crippen molar-refractivity contribution >= 4 is 11.6 Å². The van der Waals surface area contributed by atoms with E-state index in [0.29, 0.717) is 18.9 Å². The smallest absolute Gasteiger partial charge is 0.151 e. The molecule has 3 nitrogen and oxygen atoms in total. The first kappa shape index (κ1) is 17.9. The third kappa shape index (κ3) is 3.56. The van der Waals surface area contributed by atoms with Gasteiger partial charge in [0.2, 0.25) is 0 Å². The molecule has 2 atom stereocenters. The topological polar surface area (TPSA) is 46.2 Å². The number of hydrogen-bond donors (Lipinski definition) is 1. The molecule has 2 aliphatic carbocycles. The number of rotatable bonds is 5. The Hall–Kier alpha value is -1.90. The molecule has 2 aliphatic rings. The molecule has 0 aliphatic heterocycles. The van der Waals surface area contributed by atoms with Crippen molar-refractivity contribution in [1.82, 2.24) is 5.32 Å². The molecule has 0 radical (unpaired) electrons. The summed E-state index contributed by atoms with van der Waals surface area (Å²) in [4.78, 5) is 25.6.